The van der Waals surface area contributed by atoms with Crippen LogP contribution in [-0.2, 0) is 0 Å². The van der Waals surface area contributed by atoms with Gasteiger partial charge in [-0.3, -0.25) is 4.57 Å². The van der Waals surface area contributed by atoms with E-state index in [1.165, 1.54) is 12.8 Å². The maximum atomic E-state index is 6.10. The van der Waals surface area contributed by atoms with Crippen LogP contribution in [0.4, 0.5) is 5.95 Å². The van der Waals surface area contributed by atoms with E-state index in [4.69, 9.17) is 5.73 Å². The van der Waals surface area contributed by atoms with Crippen LogP contribution in [0.1, 0.15) is 39.2 Å². The molecule has 1 unspecified atom stereocenters. The average Bonchev–Trinajstić information content (AvgIpc) is 2.76. The van der Waals surface area contributed by atoms with Gasteiger partial charge >= 0.3 is 0 Å². The number of nitrogens with zero attached hydrogens (tertiary/aromatic N) is 3. The molecule has 0 aromatic carbocycles. The fourth-order valence-electron chi connectivity index (χ4n) is 3.07. The fraction of sp³-hybridized carbons (Fsp3) is 0.538. The molecular weight excluding hydrogens is 292 g/mol. The minimum absolute atomic E-state index is 0.260. The predicted molar refractivity (Wildman–Crippen MR) is 76.3 cm³/mol. The highest BCUT2D eigenvalue weighted by Gasteiger charge is 2.37. The number of hydrogen-bond acceptors (Lipinski definition) is 3. The van der Waals surface area contributed by atoms with Crippen LogP contribution in [0.5, 0.6) is 0 Å². The highest BCUT2D eigenvalue weighted by Crippen LogP contribution is 2.47. The zero-order valence-electron chi connectivity index (χ0n) is 10.7. The number of halogens is 1. The van der Waals surface area contributed by atoms with Gasteiger partial charge in [0.2, 0.25) is 5.95 Å². The number of fused-ring (bicyclic) bond motifs is 1. The molecule has 2 N–H and O–H groups in total. The zero-order valence-corrected chi connectivity index (χ0v) is 12.2. The van der Waals surface area contributed by atoms with E-state index in [1.807, 2.05) is 12.3 Å². The Labute approximate surface area is 115 Å². The van der Waals surface area contributed by atoms with Gasteiger partial charge in [-0.1, -0.05) is 20.3 Å². The number of aromatic nitrogens is 3. The van der Waals surface area contributed by atoms with Gasteiger partial charge in [0.25, 0.3) is 0 Å². The van der Waals surface area contributed by atoms with Crippen LogP contribution in [0, 0.1) is 5.41 Å². The van der Waals surface area contributed by atoms with Crippen LogP contribution in [0.15, 0.2) is 16.7 Å². The Kier molecular flexibility index (Phi) is 2.62. The minimum Gasteiger partial charge on any atom is -0.369 e. The first-order valence-corrected chi connectivity index (χ1v) is 7.07. The number of pyridine rings is 1. The second-order valence-corrected chi connectivity index (χ2v) is 6.65. The number of nitrogens with two attached hydrogens (primary N) is 1. The third-order valence-electron chi connectivity index (χ3n) is 4.04. The third-order valence-corrected chi connectivity index (χ3v) is 4.47. The van der Waals surface area contributed by atoms with E-state index in [9.17, 15) is 0 Å². The standard InChI is InChI=1S/C13H17BrN4/c1-13(2)5-3-4-10(13)18-11-9(17-12(18)15)6-8(14)7-16-11/h6-7,10H,3-5H2,1-2H3,(H2,15,17). The van der Waals surface area contributed by atoms with Crippen LogP contribution >= 0.6 is 15.9 Å². The molecule has 18 heavy (non-hydrogen) atoms. The molecule has 0 saturated heterocycles. The first-order chi connectivity index (χ1) is 8.49. The normalized spacial score (nSPS) is 22.7. The quantitative estimate of drug-likeness (QED) is 0.877. The number of nitrogen functional groups attached to an aromatic ring is 1. The summed E-state index contributed by atoms with van der Waals surface area (Å²) in [6.07, 6.45) is 5.43. The van der Waals surface area contributed by atoms with Crippen LogP contribution in [-0.4, -0.2) is 14.5 Å². The van der Waals surface area contributed by atoms with Crippen molar-refractivity contribution in [3.05, 3.63) is 16.7 Å². The summed E-state index contributed by atoms with van der Waals surface area (Å²) in [5.74, 6) is 0.579. The largest absolute Gasteiger partial charge is 0.369 e. The Morgan fingerprint density at radius 1 is 1.50 bits per heavy atom. The Morgan fingerprint density at radius 3 is 2.94 bits per heavy atom. The number of hydrogen-bond donors (Lipinski definition) is 1. The molecule has 4 nitrogen and oxygen atoms in total. The van der Waals surface area contributed by atoms with Crippen LogP contribution in [0.25, 0.3) is 11.2 Å². The smallest absolute Gasteiger partial charge is 0.202 e. The SMILES string of the molecule is CC1(C)CCCC1n1c(N)nc2cc(Br)cnc21. The summed E-state index contributed by atoms with van der Waals surface area (Å²) >= 11 is 3.42. The lowest BCUT2D eigenvalue weighted by molar-refractivity contribution is 0.267. The summed E-state index contributed by atoms with van der Waals surface area (Å²) in [7, 11) is 0. The Bertz CT molecular complexity index is 602. The lowest BCUT2D eigenvalue weighted by Crippen LogP contribution is -2.23. The van der Waals surface area contributed by atoms with E-state index in [0.29, 0.717) is 12.0 Å². The van der Waals surface area contributed by atoms with Crippen LogP contribution < -0.4 is 5.73 Å². The van der Waals surface area contributed by atoms with Gasteiger partial charge in [-0.15, -0.1) is 0 Å². The summed E-state index contributed by atoms with van der Waals surface area (Å²) in [4.78, 5) is 8.92. The molecule has 1 fully saturated rings. The van der Waals surface area contributed by atoms with E-state index in [-0.39, 0.29) is 5.41 Å². The van der Waals surface area contributed by atoms with Crippen molar-refractivity contribution in [3.63, 3.8) is 0 Å². The monoisotopic (exact) mass is 308 g/mol. The molecule has 1 saturated carbocycles. The minimum atomic E-state index is 0.260. The van der Waals surface area contributed by atoms with Gasteiger partial charge in [-0.25, -0.2) is 9.97 Å². The number of anilines is 1. The molecule has 0 aliphatic heterocycles. The molecule has 2 heterocycles. The van der Waals surface area contributed by atoms with Gasteiger partial charge in [0.15, 0.2) is 5.65 Å². The number of imidazole rings is 1. The topological polar surface area (TPSA) is 56.7 Å². The number of rotatable bonds is 1. The van der Waals surface area contributed by atoms with Crippen molar-refractivity contribution in [2.45, 2.75) is 39.2 Å². The summed E-state index contributed by atoms with van der Waals surface area (Å²) in [5, 5.41) is 0. The molecule has 5 heteroatoms. The van der Waals surface area contributed by atoms with Crippen molar-refractivity contribution in [3.8, 4) is 0 Å². The lowest BCUT2D eigenvalue weighted by Gasteiger charge is -2.28. The van der Waals surface area contributed by atoms with Crippen molar-refractivity contribution in [1.82, 2.24) is 14.5 Å². The van der Waals surface area contributed by atoms with Gasteiger partial charge in [0.1, 0.15) is 5.52 Å². The lowest BCUT2D eigenvalue weighted by atomic mass is 9.87. The average molecular weight is 309 g/mol. The molecule has 1 aliphatic carbocycles. The van der Waals surface area contributed by atoms with E-state index in [0.717, 1.165) is 22.1 Å². The first-order valence-electron chi connectivity index (χ1n) is 6.28. The third kappa shape index (κ3) is 1.72. The van der Waals surface area contributed by atoms with Crippen molar-refractivity contribution >= 4 is 33.0 Å². The van der Waals surface area contributed by atoms with Gasteiger partial charge in [0.05, 0.1) is 0 Å². The molecule has 3 rings (SSSR count). The highest BCUT2D eigenvalue weighted by atomic mass is 79.9. The fourth-order valence-corrected chi connectivity index (χ4v) is 3.39. The van der Waals surface area contributed by atoms with Crippen molar-refractivity contribution in [2.24, 2.45) is 5.41 Å². The van der Waals surface area contributed by atoms with E-state index < -0.39 is 0 Å². The van der Waals surface area contributed by atoms with Gasteiger partial charge < -0.3 is 5.73 Å². The van der Waals surface area contributed by atoms with Crippen molar-refractivity contribution in [2.75, 3.05) is 5.73 Å². The second kappa shape index (κ2) is 3.95. The Balaban J connectivity index is 2.20. The first kappa shape index (κ1) is 12.0. The molecule has 0 radical (unpaired) electrons. The second-order valence-electron chi connectivity index (χ2n) is 5.73. The van der Waals surface area contributed by atoms with E-state index >= 15 is 0 Å². The maximum Gasteiger partial charge on any atom is 0.202 e. The van der Waals surface area contributed by atoms with Gasteiger partial charge in [-0.2, -0.15) is 0 Å². The summed E-state index contributed by atoms with van der Waals surface area (Å²) in [6.45, 7) is 4.60. The summed E-state index contributed by atoms with van der Waals surface area (Å²) in [6, 6.07) is 2.37. The Morgan fingerprint density at radius 2 is 2.28 bits per heavy atom. The van der Waals surface area contributed by atoms with Gasteiger partial charge in [-0.05, 0) is 40.3 Å². The molecule has 2 aromatic rings. The Hall–Kier alpha value is -1.10. The maximum absolute atomic E-state index is 6.10. The molecule has 96 valence electrons. The molecule has 1 atom stereocenters. The summed E-state index contributed by atoms with van der Waals surface area (Å²) in [5.41, 5.74) is 8.13. The predicted octanol–water partition coefficient (Wildman–Crippen LogP) is 3.53. The highest BCUT2D eigenvalue weighted by molar-refractivity contribution is 9.10. The van der Waals surface area contributed by atoms with Crippen LogP contribution in [0.2, 0.25) is 0 Å². The van der Waals surface area contributed by atoms with E-state index in [1.54, 1.807) is 0 Å². The van der Waals surface area contributed by atoms with Gasteiger partial charge in [0, 0.05) is 16.7 Å². The molecule has 2 aromatic heterocycles. The molecule has 1 aliphatic rings. The zero-order chi connectivity index (χ0) is 12.9. The molecule has 0 bridgehead atoms. The van der Waals surface area contributed by atoms with Crippen molar-refractivity contribution < 1.29 is 0 Å². The molecule has 0 amide bonds. The molecular formula is C13H17BrN4. The molecule has 0 spiro atoms. The van der Waals surface area contributed by atoms with Crippen molar-refractivity contribution in [1.29, 1.82) is 0 Å². The van der Waals surface area contributed by atoms with E-state index in [2.05, 4.69) is 44.3 Å². The van der Waals surface area contributed by atoms with Crippen LogP contribution in [0.3, 0.4) is 0 Å². The summed E-state index contributed by atoms with van der Waals surface area (Å²) < 4.78 is 3.06.